The molecule has 1 aliphatic heterocycles. The van der Waals surface area contributed by atoms with Crippen LogP contribution in [0.4, 0.5) is 0 Å². The van der Waals surface area contributed by atoms with Crippen LogP contribution in [0.3, 0.4) is 0 Å². The van der Waals surface area contributed by atoms with Gasteiger partial charge in [0.25, 0.3) is 0 Å². The normalized spacial score (nSPS) is 18.2. The van der Waals surface area contributed by atoms with E-state index in [1.165, 1.54) is 17.5 Å². The van der Waals surface area contributed by atoms with E-state index < -0.39 is 0 Å². The van der Waals surface area contributed by atoms with E-state index in [1.807, 2.05) is 31.3 Å². The Bertz CT molecular complexity index is 1330. The smallest absolute Gasteiger partial charge is 0.237 e. The van der Waals surface area contributed by atoms with Crippen molar-refractivity contribution in [2.75, 3.05) is 13.1 Å². The molecule has 3 atom stereocenters. The lowest BCUT2D eigenvalue weighted by atomic mass is 9.85. The standard InChI is InChI=1S/C28H31ClN8O/c1-19(28(38)33-16-24-13-25(29)8-9-27(24)37-18-34-35-36-37)32-17-26-14-22(10-12-31-26)20-4-6-21(7-5-20)23-3-2-11-30-15-23/h2-9,11,13,15,18-19,22,26,31-32H,10,12,14,16-17H2,1H3,(H,33,38)/t19-,22-,26?/m0/s1. The van der Waals surface area contributed by atoms with E-state index in [9.17, 15) is 4.79 Å². The molecule has 38 heavy (non-hydrogen) atoms. The molecule has 1 aliphatic rings. The average molecular weight is 531 g/mol. The lowest BCUT2D eigenvalue weighted by molar-refractivity contribution is -0.122. The molecule has 0 saturated carbocycles. The fourth-order valence-corrected chi connectivity index (χ4v) is 5.08. The molecule has 5 rings (SSSR count). The highest BCUT2D eigenvalue weighted by Crippen LogP contribution is 2.29. The number of amides is 1. The molecular weight excluding hydrogens is 500 g/mol. The van der Waals surface area contributed by atoms with E-state index in [-0.39, 0.29) is 11.9 Å². The SMILES string of the molecule is C[C@H](NCC1C[C@@H](c2ccc(-c3cccnc3)cc2)CCN1)C(=O)NCc1cc(Cl)ccc1-n1cnnn1. The van der Waals surface area contributed by atoms with Crippen molar-refractivity contribution in [2.45, 2.75) is 44.3 Å². The Morgan fingerprint density at radius 3 is 2.82 bits per heavy atom. The molecule has 3 heterocycles. The number of piperidine rings is 1. The number of nitrogens with one attached hydrogen (secondary N) is 3. The Labute approximate surface area is 227 Å². The topological polar surface area (TPSA) is 110 Å². The number of hydrogen-bond donors (Lipinski definition) is 3. The lowest BCUT2D eigenvalue weighted by Gasteiger charge is -2.31. The summed E-state index contributed by atoms with van der Waals surface area (Å²) in [6.45, 7) is 3.87. The third-order valence-corrected chi connectivity index (χ3v) is 7.26. The summed E-state index contributed by atoms with van der Waals surface area (Å²) in [4.78, 5) is 17.0. The molecule has 1 amide bonds. The van der Waals surface area contributed by atoms with Crippen molar-refractivity contribution in [1.29, 1.82) is 0 Å². The highest BCUT2D eigenvalue weighted by molar-refractivity contribution is 6.30. The number of hydrogen-bond acceptors (Lipinski definition) is 7. The summed E-state index contributed by atoms with van der Waals surface area (Å²) in [6, 6.07) is 18.2. The average Bonchev–Trinajstić information content (AvgIpc) is 3.50. The van der Waals surface area contributed by atoms with Gasteiger partial charge in [-0.1, -0.05) is 41.9 Å². The first-order chi connectivity index (χ1) is 18.6. The number of carbonyl (C=O) groups is 1. The van der Waals surface area contributed by atoms with Gasteiger partial charge in [0.05, 0.1) is 11.7 Å². The predicted molar refractivity (Wildman–Crippen MR) is 147 cm³/mol. The van der Waals surface area contributed by atoms with Gasteiger partial charge >= 0.3 is 0 Å². The Morgan fingerprint density at radius 2 is 2.05 bits per heavy atom. The van der Waals surface area contributed by atoms with Gasteiger partial charge in [0, 0.05) is 36.5 Å². The molecule has 3 N–H and O–H groups in total. The third kappa shape index (κ3) is 6.42. The van der Waals surface area contributed by atoms with Crippen molar-refractivity contribution in [3.05, 3.63) is 89.5 Å². The van der Waals surface area contributed by atoms with Gasteiger partial charge < -0.3 is 16.0 Å². The minimum Gasteiger partial charge on any atom is -0.351 e. The molecule has 2 aromatic heterocycles. The van der Waals surface area contributed by atoms with Crippen molar-refractivity contribution in [1.82, 2.24) is 41.1 Å². The van der Waals surface area contributed by atoms with Crippen LogP contribution in [0.2, 0.25) is 5.02 Å². The number of tetrazole rings is 1. The molecule has 0 aliphatic carbocycles. The molecule has 2 aromatic carbocycles. The van der Waals surface area contributed by atoms with Crippen LogP contribution in [-0.4, -0.2) is 56.3 Å². The van der Waals surface area contributed by atoms with Crippen molar-refractivity contribution < 1.29 is 4.79 Å². The van der Waals surface area contributed by atoms with Gasteiger partial charge in [0.2, 0.25) is 5.91 Å². The fraction of sp³-hybridized carbons (Fsp3) is 0.321. The molecule has 1 saturated heterocycles. The molecule has 0 bridgehead atoms. The summed E-state index contributed by atoms with van der Waals surface area (Å²) in [6.07, 6.45) is 7.31. The number of aromatic nitrogens is 5. The number of carbonyl (C=O) groups excluding carboxylic acids is 1. The Kier molecular flexibility index (Phi) is 8.37. The van der Waals surface area contributed by atoms with Gasteiger partial charge in [0.15, 0.2) is 0 Å². The monoisotopic (exact) mass is 530 g/mol. The quantitative estimate of drug-likeness (QED) is 0.304. The first-order valence-electron chi connectivity index (χ1n) is 12.8. The third-order valence-electron chi connectivity index (χ3n) is 7.03. The molecule has 196 valence electrons. The minimum absolute atomic E-state index is 0.0778. The highest BCUT2D eigenvalue weighted by Gasteiger charge is 2.24. The number of rotatable bonds is 9. The molecule has 0 radical (unpaired) electrons. The molecule has 1 unspecified atom stereocenters. The van der Waals surface area contributed by atoms with Gasteiger partial charge in [0.1, 0.15) is 6.33 Å². The fourth-order valence-electron chi connectivity index (χ4n) is 4.88. The van der Waals surface area contributed by atoms with Crippen LogP contribution in [-0.2, 0) is 11.3 Å². The Hall–Kier alpha value is -3.66. The van der Waals surface area contributed by atoms with E-state index in [2.05, 4.69) is 66.8 Å². The minimum atomic E-state index is -0.341. The van der Waals surface area contributed by atoms with Crippen LogP contribution in [0, 0.1) is 0 Å². The highest BCUT2D eigenvalue weighted by atomic mass is 35.5. The number of nitrogens with zero attached hydrogens (tertiary/aromatic N) is 5. The van der Waals surface area contributed by atoms with E-state index in [1.54, 1.807) is 16.9 Å². The maximum atomic E-state index is 12.8. The van der Waals surface area contributed by atoms with Crippen molar-refractivity contribution in [3.63, 3.8) is 0 Å². The molecule has 9 nitrogen and oxygen atoms in total. The van der Waals surface area contributed by atoms with Crippen LogP contribution in [0.1, 0.15) is 36.8 Å². The predicted octanol–water partition coefficient (Wildman–Crippen LogP) is 3.51. The largest absolute Gasteiger partial charge is 0.351 e. The number of benzene rings is 2. The molecular formula is C28H31ClN8O. The number of halogens is 1. The molecule has 4 aromatic rings. The van der Waals surface area contributed by atoms with Crippen LogP contribution in [0.5, 0.6) is 0 Å². The van der Waals surface area contributed by atoms with Crippen LogP contribution in [0.15, 0.2) is 73.3 Å². The summed E-state index contributed by atoms with van der Waals surface area (Å²) >= 11 is 6.19. The van der Waals surface area contributed by atoms with Gasteiger partial charge in [-0.25, -0.2) is 4.68 Å². The lowest BCUT2D eigenvalue weighted by Crippen LogP contribution is -2.49. The second-order valence-electron chi connectivity index (χ2n) is 9.61. The van der Waals surface area contributed by atoms with Gasteiger partial charge in [-0.2, -0.15) is 0 Å². The zero-order chi connectivity index (χ0) is 26.3. The first kappa shape index (κ1) is 26.0. The maximum Gasteiger partial charge on any atom is 0.237 e. The molecule has 1 fully saturated rings. The van der Waals surface area contributed by atoms with E-state index in [0.29, 0.717) is 30.1 Å². The Balaban J connectivity index is 1.12. The van der Waals surface area contributed by atoms with Gasteiger partial charge in [-0.05, 0) is 89.2 Å². The molecule has 10 heteroatoms. The number of pyridine rings is 1. The van der Waals surface area contributed by atoms with Crippen LogP contribution < -0.4 is 16.0 Å². The summed E-state index contributed by atoms with van der Waals surface area (Å²) in [7, 11) is 0. The van der Waals surface area contributed by atoms with Crippen molar-refractivity contribution >= 4 is 17.5 Å². The second-order valence-corrected chi connectivity index (χ2v) is 10.0. The van der Waals surface area contributed by atoms with Crippen LogP contribution >= 0.6 is 11.6 Å². The summed E-state index contributed by atoms with van der Waals surface area (Å²) in [5, 5.41) is 21.9. The summed E-state index contributed by atoms with van der Waals surface area (Å²) in [5.41, 5.74) is 5.26. The first-order valence-corrected chi connectivity index (χ1v) is 13.2. The van der Waals surface area contributed by atoms with E-state index in [4.69, 9.17) is 11.6 Å². The second kappa shape index (κ2) is 12.3. The van der Waals surface area contributed by atoms with Gasteiger partial charge in [-0.3, -0.25) is 9.78 Å². The van der Waals surface area contributed by atoms with Crippen molar-refractivity contribution in [2.24, 2.45) is 0 Å². The van der Waals surface area contributed by atoms with Gasteiger partial charge in [-0.15, -0.1) is 5.10 Å². The molecule has 0 spiro atoms. The maximum absolute atomic E-state index is 12.8. The van der Waals surface area contributed by atoms with Crippen molar-refractivity contribution in [3.8, 4) is 16.8 Å². The zero-order valence-corrected chi connectivity index (χ0v) is 22.0. The zero-order valence-electron chi connectivity index (χ0n) is 21.2. The van der Waals surface area contributed by atoms with E-state index in [0.717, 1.165) is 36.2 Å². The van der Waals surface area contributed by atoms with Crippen LogP contribution in [0.25, 0.3) is 16.8 Å². The summed E-state index contributed by atoms with van der Waals surface area (Å²) in [5.74, 6) is 0.411. The van der Waals surface area contributed by atoms with E-state index >= 15 is 0 Å². The Morgan fingerprint density at radius 1 is 1.18 bits per heavy atom. The summed E-state index contributed by atoms with van der Waals surface area (Å²) < 4.78 is 1.55.